The van der Waals surface area contributed by atoms with Gasteiger partial charge in [-0.3, -0.25) is 14.4 Å². The number of nitrogens with zero attached hydrogens (tertiary/aromatic N) is 1. The van der Waals surface area contributed by atoms with E-state index in [0.29, 0.717) is 31.8 Å². The summed E-state index contributed by atoms with van der Waals surface area (Å²) in [4.78, 5) is 51.4. The normalized spacial score (nSPS) is 34.6. The fraction of sp³-hybridized carbons (Fsp3) is 0.810. The number of amides is 3. The van der Waals surface area contributed by atoms with Gasteiger partial charge in [-0.2, -0.15) is 0 Å². The van der Waals surface area contributed by atoms with Crippen LogP contribution in [0.2, 0.25) is 0 Å². The van der Waals surface area contributed by atoms with Gasteiger partial charge in [0.2, 0.25) is 17.7 Å². The van der Waals surface area contributed by atoms with Crippen LogP contribution in [0.4, 0.5) is 0 Å². The third-order valence-electron chi connectivity index (χ3n) is 7.66. The third kappa shape index (κ3) is 3.22. The van der Waals surface area contributed by atoms with Crippen molar-refractivity contribution >= 4 is 24.0 Å². The highest BCUT2D eigenvalue weighted by atomic mass is 16.2. The van der Waals surface area contributed by atoms with Crippen molar-refractivity contribution in [3.63, 3.8) is 0 Å². The van der Waals surface area contributed by atoms with E-state index < -0.39 is 12.1 Å². The summed E-state index contributed by atoms with van der Waals surface area (Å²) in [6.45, 7) is 5.56. The average Bonchev–Trinajstić information content (AvgIpc) is 3.23. The van der Waals surface area contributed by atoms with E-state index in [2.05, 4.69) is 24.5 Å². The van der Waals surface area contributed by atoms with Gasteiger partial charge in [-0.1, -0.05) is 26.7 Å². The number of carbonyl (C=O) groups is 4. The highest BCUT2D eigenvalue weighted by molar-refractivity contribution is 5.92. The Hall–Kier alpha value is -1.92. The molecule has 2 aliphatic carbocycles. The summed E-state index contributed by atoms with van der Waals surface area (Å²) >= 11 is 0. The molecule has 0 bridgehead atoms. The van der Waals surface area contributed by atoms with E-state index in [0.717, 1.165) is 32.0 Å². The molecule has 0 aromatic carbocycles. The minimum Gasteiger partial charge on any atom is -0.356 e. The van der Waals surface area contributed by atoms with Crippen LogP contribution in [0.3, 0.4) is 0 Å². The van der Waals surface area contributed by atoms with E-state index in [1.54, 1.807) is 4.90 Å². The summed E-state index contributed by atoms with van der Waals surface area (Å²) in [5.74, 6) is 0.131. The van der Waals surface area contributed by atoms with Crippen molar-refractivity contribution in [2.45, 2.75) is 64.5 Å². The molecule has 7 heteroatoms. The summed E-state index contributed by atoms with van der Waals surface area (Å²) in [6.07, 6.45) is 5.71. The molecule has 0 aromatic rings. The van der Waals surface area contributed by atoms with Gasteiger partial charge in [0, 0.05) is 24.9 Å². The van der Waals surface area contributed by atoms with Crippen LogP contribution in [0.5, 0.6) is 0 Å². The van der Waals surface area contributed by atoms with E-state index in [-0.39, 0.29) is 40.9 Å². The molecule has 2 saturated carbocycles. The first kappa shape index (κ1) is 19.4. The lowest BCUT2D eigenvalue weighted by molar-refractivity contribution is -0.143. The summed E-state index contributed by atoms with van der Waals surface area (Å²) in [7, 11) is 0. The van der Waals surface area contributed by atoms with Crippen molar-refractivity contribution in [1.29, 1.82) is 0 Å². The molecule has 0 aromatic heterocycles. The average molecular weight is 389 g/mol. The maximum atomic E-state index is 13.2. The van der Waals surface area contributed by atoms with E-state index >= 15 is 0 Å². The Balaban J connectivity index is 1.45. The van der Waals surface area contributed by atoms with Gasteiger partial charge in [-0.15, -0.1) is 0 Å². The van der Waals surface area contributed by atoms with Crippen molar-refractivity contribution in [2.24, 2.45) is 29.1 Å². The maximum Gasteiger partial charge on any atom is 0.243 e. The van der Waals surface area contributed by atoms with Crippen molar-refractivity contribution in [1.82, 2.24) is 15.5 Å². The Kier molecular flexibility index (Phi) is 4.96. The first-order valence-electron chi connectivity index (χ1n) is 10.7. The van der Waals surface area contributed by atoms with Crippen LogP contribution in [0.25, 0.3) is 0 Å². The van der Waals surface area contributed by atoms with Gasteiger partial charge < -0.3 is 20.3 Å². The molecule has 2 N–H and O–H groups in total. The van der Waals surface area contributed by atoms with Gasteiger partial charge in [0.25, 0.3) is 0 Å². The second kappa shape index (κ2) is 7.16. The Morgan fingerprint density at radius 3 is 2.61 bits per heavy atom. The third-order valence-corrected chi connectivity index (χ3v) is 7.66. The zero-order valence-electron chi connectivity index (χ0n) is 16.8. The van der Waals surface area contributed by atoms with Crippen molar-refractivity contribution in [2.75, 3.05) is 13.1 Å². The lowest BCUT2D eigenvalue weighted by atomic mass is 9.96. The van der Waals surface area contributed by atoms with Gasteiger partial charge >= 0.3 is 0 Å². The molecule has 5 atom stereocenters. The molecule has 0 spiro atoms. The van der Waals surface area contributed by atoms with Crippen molar-refractivity contribution in [3.05, 3.63) is 0 Å². The van der Waals surface area contributed by atoms with Crippen LogP contribution in [-0.2, 0) is 19.2 Å². The topological polar surface area (TPSA) is 95.6 Å². The molecule has 0 radical (unpaired) electrons. The molecule has 2 aliphatic heterocycles. The second-order valence-corrected chi connectivity index (χ2v) is 9.63. The largest absolute Gasteiger partial charge is 0.356 e. The number of rotatable bonds is 6. The van der Waals surface area contributed by atoms with Crippen LogP contribution in [0, 0.1) is 29.1 Å². The van der Waals surface area contributed by atoms with Crippen LogP contribution in [0.15, 0.2) is 0 Å². The number of hydrogen-bond donors (Lipinski definition) is 2. The number of carbonyl (C=O) groups excluding carboxylic acids is 4. The zero-order valence-corrected chi connectivity index (χ0v) is 16.8. The number of nitrogens with one attached hydrogen (secondary N) is 2. The lowest BCUT2D eigenvalue weighted by Crippen LogP contribution is -2.53. The van der Waals surface area contributed by atoms with E-state index in [1.807, 2.05) is 0 Å². The first-order valence-corrected chi connectivity index (χ1v) is 10.7. The van der Waals surface area contributed by atoms with Gasteiger partial charge in [0.05, 0.1) is 6.04 Å². The predicted molar refractivity (Wildman–Crippen MR) is 102 cm³/mol. The minimum absolute atomic E-state index is 0.0416. The van der Waals surface area contributed by atoms with Gasteiger partial charge in [-0.25, -0.2) is 0 Å². The SMILES string of the molecule is CC1(C)[C@@H]2[C@@H](C(=O)N[C@H](C=O)C[C@@H]3CCNC3=O)N(C(=O)C3CCCC3)C[C@@H]21. The van der Waals surface area contributed by atoms with Crippen molar-refractivity contribution in [3.8, 4) is 0 Å². The molecule has 4 aliphatic rings. The van der Waals surface area contributed by atoms with Crippen LogP contribution >= 0.6 is 0 Å². The highest BCUT2D eigenvalue weighted by Crippen LogP contribution is 2.65. The number of aldehydes is 1. The molecule has 4 fully saturated rings. The van der Waals surface area contributed by atoms with Crippen molar-refractivity contribution < 1.29 is 19.2 Å². The Morgan fingerprint density at radius 1 is 1.29 bits per heavy atom. The van der Waals surface area contributed by atoms with Gasteiger partial charge in [0.1, 0.15) is 12.3 Å². The Labute approximate surface area is 166 Å². The fourth-order valence-electron chi connectivity index (χ4n) is 5.81. The lowest BCUT2D eigenvalue weighted by Gasteiger charge is -2.32. The summed E-state index contributed by atoms with van der Waals surface area (Å²) in [6, 6.07) is -1.18. The Bertz CT molecular complexity index is 685. The van der Waals surface area contributed by atoms with E-state index in [4.69, 9.17) is 0 Å². The molecule has 4 rings (SSSR count). The smallest absolute Gasteiger partial charge is 0.243 e. The molecular weight excluding hydrogens is 358 g/mol. The fourth-order valence-corrected chi connectivity index (χ4v) is 5.81. The molecule has 154 valence electrons. The Morgan fingerprint density at radius 2 is 2.00 bits per heavy atom. The first-order chi connectivity index (χ1) is 13.3. The molecular formula is C21H31N3O4. The molecule has 28 heavy (non-hydrogen) atoms. The van der Waals surface area contributed by atoms with E-state index in [1.165, 1.54) is 0 Å². The maximum absolute atomic E-state index is 13.2. The summed E-state index contributed by atoms with van der Waals surface area (Å²) in [5, 5.41) is 5.61. The number of piperidine rings is 1. The highest BCUT2D eigenvalue weighted by Gasteiger charge is 2.69. The minimum atomic E-state index is -0.689. The number of hydrogen-bond acceptors (Lipinski definition) is 4. The molecule has 2 heterocycles. The summed E-state index contributed by atoms with van der Waals surface area (Å²) < 4.78 is 0. The quantitative estimate of drug-likeness (QED) is 0.659. The zero-order chi connectivity index (χ0) is 20.1. The molecule has 3 amide bonds. The molecule has 2 saturated heterocycles. The van der Waals surface area contributed by atoms with Crippen LogP contribution in [-0.4, -0.2) is 54.1 Å². The van der Waals surface area contributed by atoms with Gasteiger partial charge in [-0.05, 0) is 42.9 Å². The molecule has 0 unspecified atom stereocenters. The van der Waals surface area contributed by atoms with E-state index in [9.17, 15) is 19.2 Å². The van der Waals surface area contributed by atoms with Crippen LogP contribution in [0.1, 0.15) is 52.4 Å². The number of likely N-dealkylation sites (tertiary alicyclic amines) is 1. The molecule has 7 nitrogen and oxygen atoms in total. The van der Waals surface area contributed by atoms with Gasteiger partial charge in [0.15, 0.2) is 0 Å². The second-order valence-electron chi connectivity index (χ2n) is 9.63. The number of fused-ring (bicyclic) bond motifs is 1. The summed E-state index contributed by atoms with van der Waals surface area (Å²) in [5.41, 5.74) is 0.0521. The van der Waals surface area contributed by atoms with Crippen LogP contribution < -0.4 is 10.6 Å². The monoisotopic (exact) mass is 389 g/mol. The predicted octanol–water partition coefficient (Wildman–Crippen LogP) is 0.870. The standard InChI is InChI=1S/C21H31N3O4/c1-21(2)15-10-24(20(28)12-5-3-4-6-12)17(16(15)21)19(27)23-14(11-25)9-13-7-8-22-18(13)26/h11-17H,3-10H2,1-2H3,(H,22,26)(H,23,27)/t13-,14-,15-,16-,17-/m0/s1.